The van der Waals surface area contributed by atoms with E-state index in [0.29, 0.717) is 24.2 Å². The molecule has 3 aromatic carbocycles. The minimum atomic E-state index is -0.181. The second kappa shape index (κ2) is 8.26. The van der Waals surface area contributed by atoms with E-state index in [1.165, 1.54) is 18.1 Å². The van der Waals surface area contributed by atoms with Crippen LogP contribution in [0.4, 0.5) is 4.39 Å². The maximum atomic E-state index is 14.7. The molecule has 0 amide bonds. The first kappa shape index (κ1) is 18.2. The van der Waals surface area contributed by atoms with Crippen molar-refractivity contribution in [2.24, 2.45) is 5.92 Å². The van der Waals surface area contributed by atoms with Crippen molar-refractivity contribution in [3.05, 3.63) is 99.8 Å². The van der Waals surface area contributed by atoms with E-state index in [9.17, 15) is 4.39 Å². The van der Waals surface area contributed by atoms with Crippen molar-refractivity contribution in [2.45, 2.75) is 31.8 Å². The zero-order valence-corrected chi connectivity index (χ0v) is 16.7. The van der Waals surface area contributed by atoms with Crippen molar-refractivity contribution in [1.82, 2.24) is 0 Å². The molecule has 4 rings (SSSR count). The normalized spacial score (nSPS) is 18.7. The summed E-state index contributed by atoms with van der Waals surface area (Å²) in [6.45, 7) is 0.428. The third-order valence-electron chi connectivity index (χ3n) is 5.47. The van der Waals surface area contributed by atoms with Crippen LogP contribution in [0, 0.1) is 11.7 Å². The molecular weight excluding hydrogens is 403 g/mol. The average Bonchev–Trinajstić information content (AvgIpc) is 2.68. The van der Waals surface area contributed by atoms with E-state index in [-0.39, 0.29) is 5.82 Å². The van der Waals surface area contributed by atoms with Crippen LogP contribution >= 0.6 is 15.9 Å². The highest BCUT2D eigenvalue weighted by molar-refractivity contribution is 9.10. The van der Waals surface area contributed by atoms with Gasteiger partial charge in [-0.1, -0.05) is 60.7 Å². The Morgan fingerprint density at radius 3 is 2.30 bits per heavy atom. The van der Waals surface area contributed by atoms with Crippen molar-refractivity contribution in [2.75, 3.05) is 0 Å². The van der Waals surface area contributed by atoms with Gasteiger partial charge < -0.3 is 4.74 Å². The summed E-state index contributed by atoms with van der Waals surface area (Å²) in [6, 6.07) is 23.9. The average molecular weight is 425 g/mol. The van der Waals surface area contributed by atoms with Crippen LogP contribution in [0.5, 0.6) is 5.75 Å². The zero-order valence-electron chi connectivity index (χ0n) is 15.1. The summed E-state index contributed by atoms with van der Waals surface area (Å²) >= 11 is 3.55. The standard InChI is InChI=1S/C24H22BrFO/c25-22-14-20(13-19-11-12-21(19)18-9-5-2-6-10-18)23(26)15-24(22)27-16-17-7-3-1-4-8-17/h1-10,14-15,19,21H,11-13,16H2. The SMILES string of the molecule is Fc1cc(OCc2ccccc2)c(Br)cc1CC1CCC1c1ccccc1. The summed E-state index contributed by atoms with van der Waals surface area (Å²) in [5.74, 6) is 1.41. The smallest absolute Gasteiger partial charge is 0.136 e. The van der Waals surface area contributed by atoms with Gasteiger partial charge in [-0.3, -0.25) is 0 Å². The minimum absolute atomic E-state index is 0.181. The fraction of sp³-hybridized carbons (Fsp3) is 0.250. The predicted octanol–water partition coefficient (Wildman–Crippen LogP) is 6.90. The maximum absolute atomic E-state index is 14.7. The lowest BCUT2D eigenvalue weighted by Gasteiger charge is -2.37. The Morgan fingerprint density at radius 2 is 1.63 bits per heavy atom. The number of halogens is 2. The fourth-order valence-electron chi connectivity index (χ4n) is 3.81. The lowest BCUT2D eigenvalue weighted by Crippen LogP contribution is -2.26. The Bertz CT molecular complexity index is 895. The molecule has 0 bridgehead atoms. The van der Waals surface area contributed by atoms with Crippen LogP contribution in [-0.2, 0) is 13.0 Å². The first-order chi connectivity index (χ1) is 13.2. The molecule has 3 aromatic rings. The Kier molecular flexibility index (Phi) is 5.58. The zero-order chi connectivity index (χ0) is 18.6. The Balaban J connectivity index is 1.44. The van der Waals surface area contributed by atoms with Gasteiger partial charge in [0.15, 0.2) is 0 Å². The molecular formula is C24H22BrFO. The van der Waals surface area contributed by atoms with Crippen LogP contribution in [0.1, 0.15) is 35.4 Å². The van der Waals surface area contributed by atoms with Gasteiger partial charge in [0.1, 0.15) is 18.2 Å². The van der Waals surface area contributed by atoms with Crippen LogP contribution < -0.4 is 4.74 Å². The quantitative estimate of drug-likeness (QED) is 0.417. The van der Waals surface area contributed by atoms with Crippen molar-refractivity contribution < 1.29 is 9.13 Å². The van der Waals surface area contributed by atoms with Gasteiger partial charge in [-0.2, -0.15) is 0 Å². The third-order valence-corrected chi connectivity index (χ3v) is 6.09. The van der Waals surface area contributed by atoms with E-state index in [1.54, 1.807) is 0 Å². The van der Waals surface area contributed by atoms with Gasteiger partial charge in [-0.25, -0.2) is 4.39 Å². The van der Waals surface area contributed by atoms with E-state index < -0.39 is 0 Å². The topological polar surface area (TPSA) is 9.23 Å². The monoisotopic (exact) mass is 424 g/mol. The predicted molar refractivity (Wildman–Crippen MR) is 110 cm³/mol. The second-order valence-electron chi connectivity index (χ2n) is 7.21. The summed E-state index contributed by atoms with van der Waals surface area (Å²) in [5, 5.41) is 0. The molecule has 138 valence electrons. The van der Waals surface area contributed by atoms with Crippen LogP contribution in [0.15, 0.2) is 77.3 Å². The van der Waals surface area contributed by atoms with Crippen molar-refractivity contribution in [3.8, 4) is 5.75 Å². The molecule has 2 unspecified atom stereocenters. The summed E-state index contributed by atoms with van der Waals surface area (Å²) in [5.41, 5.74) is 3.20. The molecule has 1 saturated carbocycles. The summed E-state index contributed by atoms with van der Waals surface area (Å²) in [4.78, 5) is 0. The molecule has 2 atom stereocenters. The molecule has 0 radical (unpaired) electrons. The fourth-order valence-corrected chi connectivity index (χ4v) is 4.31. The highest BCUT2D eigenvalue weighted by Crippen LogP contribution is 2.45. The van der Waals surface area contributed by atoms with Gasteiger partial charge in [-0.15, -0.1) is 0 Å². The molecule has 27 heavy (non-hydrogen) atoms. The highest BCUT2D eigenvalue weighted by Gasteiger charge is 2.32. The van der Waals surface area contributed by atoms with Crippen molar-refractivity contribution in [1.29, 1.82) is 0 Å². The Labute approximate surface area is 168 Å². The van der Waals surface area contributed by atoms with Crippen LogP contribution in [0.2, 0.25) is 0 Å². The third kappa shape index (κ3) is 4.24. The molecule has 1 aliphatic rings. The van der Waals surface area contributed by atoms with Crippen LogP contribution in [0.3, 0.4) is 0 Å². The van der Waals surface area contributed by atoms with Gasteiger partial charge in [0.2, 0.25) is 0 Å². The van der Waals surface area contributed by atoms with E-state index in [2.05, 4.69) is 40.2 Å². The van der Waals surface area contributed by atoms with E-state index in [4.69, 9.17) is 4.74 Å². The molecule has 0 heterocycles. The van der Waals surface area contributed by atoms with Crippen LogP contribution in [-0.4, -0.2) is 0 Å². The maximum Gasteiger partial charge on any atom is 0.136 e. The summed E-state index contributed by atoms with van der Waals surface area (Å²) < 4.78 is 21.3. The number of hydrogen-bond acceptors (Lipinski definition) is 1. The molecule has 0 saturated heterocycles. The molecule has 0 aromatic heterocycles. The highest BCUT2D eigenvalue weighted by atomic mass is 79.9. The van der Waals surface area contributed by atoms with Gasteiger partial charge >= 0.3 is 0 Å². The molecule has 1 nitrogen and oxygen atoms in total. The molecule has 3 heteroatoms. The Morgan fingerprint density at radius 1 is 0.926 bits per heavy atom. The van der Waals surface area contributed by atoms with Crippen molar-refractivity contribution in [3.63, 3.8) is 0 Å². The summed E-state index contributed by atoms with van der Waals surface area (Å²) in [6.07, 6.45) is 3.11. The number of benzene rings is 3. The molecule has 1 aliphatic carbocycles. The largest absolute Gasteiger partial charge is 0.488 e. The van der Waals surface area contributed by atoms with Gasteiger partial charge in [0.25, 0.3) is 0 Å². The molecule has 0 N–H and O–H groups in total. The molecule has 1 fully saturated rings. The first-order valence-electron chi connectivity index (χ1n) is 9.40. The first-order valence-corrected chi connectivity index (χ1v) is 10.2. The van der Waals surface area contributed by atoms with E-state index in [0.717, 1.165) is 28.4 Å². The number of rotatable bonds is 6. The van der Waals surface area contributed by atoms with Gasteiger partial charge in [0, 0.05) is 6.07 Å². The molecule has 0 spiro atoms. The lowest BCUT2D eigenvalue weighted by molar-refractivity contribution is 0.251. The van der Waals surface area contributed by atoms with E-state index in [1.807, 2.05) is 42.5 Å². The van der Waals surface area contributed by atoms with Gasteiger partial charge in [0.05, 0.1) is 4.47 Å². The number of ether oxygens (including phenoxy) is 1. The molecule has 0 aliphatic heterocycles. The van der Waals surface area contributed by atoms with Gasteiger partial charge in [-0.05, 0) is 69.8 Å². The van der Waals surface area contributed by atoms with E-state index >= 15 is 0 Å². The van der Waals surface area contributed by atoms with Crippen LogP contribution in [0.25, 0.3) is 0 Å². The lowest BCUT2D eigenvalue weighted by atomic mass is 9.67. The van der Waals surface area contributed by atoms with Crippen molar-refractivity contribution >= 4 is 15.9 Å². The second-order valence-corrected chi connectivity index (χ2v) is 8.06. The number of hydrogen-bond donors (Lipinski definition) is 0. The summed E-state index contributed by atoms with van der Waals surface area (Å²) in [7, 11) is 0. The Hall–Kier alpha value is -2.13. The minimum Gasteiger partial charge on any atom is -0.488 e.